The maximum absolute atomic E-state index is 12.8. The maximum Gasteiger partial charge on any atom is 0.308 e. The van der Waals surface area contributed by atoms with Gasteiger partial charge in [0, 0.05) is 18.7 Å². The first-order valence-corrected chi connectivity index (χ1v) is 6.27. The molecule has 0 radical (unpaired) electrons. The highest BCUT2D eigenvalue weighted by atomic mass is 19.1. The molecule has 5 nitrogen and oxygen atoms in total. The Morgan fingerprint density at radius 2 is 1.75 bits per heavy atom. The Bertz CT molecular complexity index is 473. The van der Waals surface area contributed by atoms with Gasteiger partial charge in [0.1, 0.15) is 5.82 Å². The number of benzene rings is 1. The van der Waals surface area contributed by atoms with E-state index in [2.05, 4.69) is 0 Å². The lowest BCUT2D eigenvalue weighted by Gasteiger charge is -2.25. The predicted octanol–water partition coefficient (Wildman–Crippen LogP) is 1.37. The monoisotopic (exact) mass is 283 g/mol. The lowest BCUT2D eigenvalue weighted by atomic mass is 10.1. The van der Waals surface area contributed by atoms with Gasteiger partial charge in [-0.05, 0) is 31.2 Å². The first-order chi connectivity index (χ1) is 9.31. The van der Waals surface area contributed by atoms with Gasteiger partial charge in [-0.1, -0.05) is 6.92 Å². The zero-order chi connectivity index (χ0) is 15.3. The fourth-order valence-electron chi connectivity index (χ4n) is 1.74. The minimum Gasteiger partial charge on any atom is -0.481 e. The third-order valence-electron chi connectivity index (χ3n) is 2.78. The van der Waals surface area contributed by atoms with Crippen molar-refractivity contribution < 1.29 is 24.2 Å². The number of hydrogen-bond acceptors (Lipinski definition) is 3. The number of aliphatic hydroxyl groups excluding tert-OH is 1. The number of aliphatic carboxylic acids is 1. The molecule has 1 aromatic carbocycles. The van der Waals surface area contributed by atoms with Gasteiger partial charge in [-0.25, -0.2) is 4.39 Å². The second-order valence-corrected chi connectivity index (χ2v) is 4.81. The largest absolute Gasteiger partial charge is 0.481 e. The summed E-state index contributed by atoms with van der Waals surface area (Å²) in [5.74, 6) is -2.66. The first-order valence-electron chi connectivity index (χ1n) is 6.27. The lowest BCUT2D eigenvalue weighted by molar-refractivity contribution is -0.141. The molecule has 1 amide bonds. The Labute approximate surface area is 116 Å². The molecule has 0 saturated heterocycles. The number of carboxylic acid groups (broad SMARTS) is 1. The van der Waals surface area contributed by atoms with Crippen molar-refractivity contribution >= 4 is 11.9 Å². The fourth-order valence-corrected chi connectivity index (χ4v) is 1.74. The van der Waals surface area contributed by atoms with Crippen molar-refractivity contribution in [3.8, 4) is 0 Å². The van der Waals surface area contributed by atoms with Crippen LogP contribution in [0, 0.1) is 11.7 Å². The number of carboxylic acids is 1. The van der Waals surface area contributed by atoms with Gasteiger partial charge in [-0.3, -0.25) is 9.59 Å². The van der Waals surface area contributed by atoms with Gasteiger partial charge in [0.2, 0.25) is 0 Å². The van der Waals surface area contributed by atoms with Gasteiger partial charge in [-0.15, -0.1) is 0 Å². The second-order valence-electron chi connectivity index (χ2n) is 4.81. The lowest BCUT2D eigenvalue weighted by Crippen LogP contribution is -2.40. The average Bonchev–Trinajstić information content (AvgIpc) is 2.37. The molecule has 2 atom stereocenters. The molecule has 0 aliphatic carbocycles. The van der Waals surface area contributed by atoms with Crippen molar-refractivity contribution in [2.24, 2.45) is 5.92 Å². The van der Waals surface area contributed by atoms with Crippen molar-refractivity contribution in [1.29, 1.82) is 0 Å². The Kier molecular flexibility index (Phi) is 5.64. The van der Waals surface area contributed by atoms with Crippen LogP contribution in [0.3, 0.4) is 0 Å². The van der Waals surface area contributed by atoms with Gasteiger partial charge in [-0.2, -0.15) is 0 Å². The predicted molar refractivity (Wildman–Crippen MR) is 70.8 cm³/mol. The molecule has 0 aromatic heterocycles. The van der Waals surface area contributed by atoms with Crippen LogP contribution in [0.25, 0.3) is 0 Å². The van der Waals surface area contributed by atoms with Crippen LogP contribution >= 0.6 is 0 Å². The molecule has 2 unspecified atom stereocenters. The molecular formula is C14H18FNO4. The Hall–Kier alpha value is -1.95. The van der Waals surface area contributed by atoms with Crippen molar-refractivity contribution in [1.82, 2.24) is 4.90 Å². The summed E-state index contributed by atoms with van der Waals surface area (Å²) in [6.07, 6.45) is -0.777. The standard InChI is InChI=1S/C14H18FNO4/c1-9(14(19)20)7-16(8-10(2)17)13(18)11-3-5-12(15)6-4-11/h3-6,9-10,17H,7-8H2,1-2H3,(H,19,20). The van der Waals surface area contributed by atoms with E-state index in [0.717, 1.165) is 12.1 Å². The minimum absolute atomic E-state index is 0.0174. The SMILES string of the molecule is CC(O)CN(CC(C)C(=O)O)C(=O)c1ccc(F)cc1. The molecule has 0 aliphatic rings. The molecule has 0 bridgehead atoms. The quantitative estimate of drug-likeness (QED) is 0.826. The molecule has 110 valence electrons. The molecule has 0 fully saturated rings. The number of aliphatic hydroxyl groups is 1. The molecule has 0 heterocycles. The van der Waals surface area contributed by atoms with Crippen LogP contribution in [0.1, 0.15) is 24.2 Å². The number of halogens is 1. The summed E-state index contributed by atoms with van der Waals surface area (Å²) >= 11 is 0. The molecule has 6 heteroatoms. The number of nitrogens with zero attached hydrogens (tertiary/aromatic N) is 1. The molecular weight excluding hydrogens is 265 g/mol. The van der Waals surface area contributed by atoms with Crippen LogP contribution in [0.2, 0.25) is 0 Å². The summed E-state index contributed by atoms with van der Waals surface area (Å²) in [5, 5.41) is 18.3. The third-order valence-corrected chi connectivity index (χ3v) is 2.78. The van der Waals surface area contributed by atoms with E-state index in [0.29, 0.717) is 0 Å². The molecule has 2 N–H and O–H groups in total. The van der Waals surface area contributed by atoms with Crippen LogP contribution < -0.4 is 0 Å². The van der Waals surface area contributed by atoms with E-state index in [9.17, 15) is 19.1 Å². The van der Waals surface area contributed by atoms with E-state index in [-0.39, 0.29) is 18.7 Å². The molecule has 1 aromatic rings. The first kappa shape index (κ1) is 16.1. The van der Waals surface area contributed by atoms with E-state index < -0.39 is 29.7 Å². The zero-order valence-corrected chi connectivity index (χ0v) is 11.4. The van der Waals surface area contributed by atoms with E-state index in [4.69, 9.17) is 5.11 Å². The van der Waals surface area contributed by atoms with Gasteiger partial charge >= 0.3 is 5.97 Å². The number of amides is 1. The van der Waals surface area contributed by atoms with Crippen LogP contribution in [0.5, 0.6) is 0 Å². The number of carbonyl (C=O) groups excluding carboxylic acids is 1. The summed E-state index contributed by atoms with van der Waals surface area (Å²) in [4.78, 5) is 24.4. The highest BCUT2D eigenvalue weighted by Gasteiger charge is 2.22. The van der Waals surface area contributed by atoms with E-state index in [1.54, 1.807) is 0 Å². The minimum atomic E-state index is -1.02. The number of hydrogen-bond donors (Lipinski definition) is 2. The highest BCUT2D eigenvalue weighted by Crippen LogP contribution is 2.10. The molecule has 20 heavy (non-hydrogen) atoms. The van der Waals surface area contributed by atoms with Crippen LogP contribution in [-0.2, 0) is 4.79 Å². The average molecular weight is 283 g/mol. The maximum atomic E-state index is 12.8. The number of rotatable bonds is 6. The summed E-state index contributed by atoms with van der Waals surface area (Å²) in [6.45, 7) is 3.00. The smallest absolute Gasteiger partial charge is 0.308 e. The van der Waals surface area contributed by atoms with Gasteiger partial charge in [0.15, 0.2) is 0 Å². The van der Waals surface area contributed by atoms with Crippen molar-refractivity contribution in [3.05, 3.63) is 35.6 Å². The van der Waals surface area contributed by atoms with Crippen molar-refractivity contribution in [2.45, 2.75) is 20.0 Å². The highest BCUT2D eigenvalue weighted by molar-refractivity contribution is 5.94. The summed E-state index contributed by atoms with van der Waals surface area (Å²) in [7, 11) is 0. The number of carbonyl (C=O) groups is 2. The fraction of sp³-hybridized carbons (Fsp3) is 0.429. The molecule has 0 saturated carbocycles. The van der Waals surface area contributed by atoms with Crippen molar-refractivity contribution in [2.75, 3.05) is 13.1 Å². The van der Waals surface area contributed by atoms with Gasteiger partial charge in [0.05, 0.1) is 12.0 Å². The van der Waals surface area contributed by atoms with Gasteiger partial charge in [0.25, 0.3) is 5.91 Å². The van der Waals surface area contributed by atoms with Crippen LogP contribution in [0.15, 0.2) is 24.3 Å². The van der Waals surface area contributed by atoms with Crippen molar-refractivity contribution in [3.63, 3.8) is 0 Å². The van der Waals surface area contributed by atoms with Crippen LogP contribution in [0.4, 0.5) is 4.39 Å². The summed E-state index contributed by atoms with van der Waals surface area (Å²) < 4.78 is 12.8. The second kappa shape index (κ2) is 7.00. The molecule has 0 spiro atoms. The molecule has 1 rings (SSSR count). The van der Waals surface area contributed by atoms with E-state index in [1.165, 1.54) is 30.9 Å². The Morgan fingerprint density at radius 3 is 2.20 bits per heavy atom. The van der Waals surface area contributed by atoms with E-state index >= 15 is 0 Å². The zero-order valence-electron chi connectivity index (χ0n) is 11.4. The Morgan fingerprint density at radius 1 is 1.20 bits per heavy atom. The normalized spacial score (nSPS) is 13.6. The van der Waals surface area contributed by atoms with Gasteiger partial charge < -0.3 is 15.1 Å². The van der Waals surface area contributed by atoms with Crippen LogP contribution in [-0.4, -0.2) is 46.2 Å². The van der Waals surface area contributed by atoms with E-state index in [1.807, 2.05) is 0 Å². The Balaban J connectivity index is 2.89. The topological polar surface area (TPSA) is 77.8 Å². The summed E-state index contributed by atoms with van der Waals surface area (Å²) in [6, 6.07) is 4.99. The summed E-state index contributed by atoms with van der Waals surface area (Å²) in [5.41, 5.74) is 0.254. The third kappa shape index (κ3) is 4.62. The molecule has 0 aliphatic heterocycles.